The van der Waals surface area contributed by atoms with Crippen LogP contribution in [0.3, 0.4) is 0 Å². The molecule has 64 valence electrons. The van der Waals surface area contributed by atoms with Crippen molar-refractivity contribution in [1.82, 2.24) is 4.98 Å². The van der Waals surface area contributed by atoms with Gasteiger partial charge in [0.05, 0.1) is 0 Å². The molecule has 1 aromatic rings. The van der Waals surface area contributed by atoms with E-state index in [1.54, 1.807) is 6.20 Å². The van der Waals surface area contributed by atoms with E-state index in [0.29, 0.717) is 12.1 Å². The van der Waals surface area contributed by atoms with Crippen molar-refractivity contribution in [2.75, 3.05) is 0 Å². The average Bonchev–Trinajstić information content (AvgIpc) is 2.59. The summed E-state index contributed by atoms with van der Waals surface area (Å²) in [6.45, 7) is 0. The number of aldehydes is 1. The topological polar surface area (TPSA) is 53.8 Å². The van der Waals surface area contributed by atoms with Crippen LogP contribution in [0.2, 0.25) is 0 Å². The van der Waals surface area contributed by atoms with Crippen molar-refractivity contribution in [2.24, 2.45) is 5.92 Å². The maximum absolute atomic E-state index is 10.6. The molecule has 0 bridgehead atoms. The lowest BCUT2D eigenvalue weighted by Crippen LogP contribution is -1.99. The molecule has 1 unspecified atom stereocenters. The Bertz CT molecular complexity index is 392. The third kappa shape index (κ3) is 1.20. The molecule has 1 heterocycles. The minimum Gasteiger partial charge on any atom is -0.303 e. The Labute approximate surface area is 76.0 Å². The molecule has 13 heavy (non-hydrogen) atoms. The van der Waals surface area contributed by atoms with Crippen molar-refractivity contribution in [3.05, 3.63) is 29.1 Å². The molecule has 1 aromatic heterocycles. The van der Waals surface area contributed by atoms with Gasteiger partial charge in [-0.15, -0.1) is 0 Å². The third-order valence-electron chi connectivity index (χ3n) is 2.40. The van der Waals surface area contributed by atoms with Gasteiger partial charge in [0.2, 0.25) is 0 Å². The second-order valence-corrected chi connectivity index (χ2v) is 3.21. The summed E-state index contributed by atoms with van der Waals surface area (Å²) in [6, 6.07) is 3.93. The molecule has 0 aromatic carbocycles. The lowest BCUT2D eigenvalue weighted by molar-refractivity contribution is -0.110. The first-order valence-corrected chi connectivity index (χ1v) is 4.17. The Kier molecular flexibility index (Phi) is 1.82. The highest BCUT2D eigenvalue weighted by molar-refractivity contribution is 5.59. The van der Waals surface area contributed by atoms with Gasteiger partial charge < -0.3 is 4.79 Å². The monoisotopic (exact) mass is 172 g/mol. The van der Waals surface area contributed by atoms with Crippen molar-refractivity contribution in [3.63, 3.8) is 0 Å². The highest BCUT2D eigenvalue weighted by Crippen LogP contribution is 2.26. The normalized spacial score (nSPS) is 19.2. The van der Waals surface area contributed by atoms with Crippen LogP contribution in [0, 0.1) is 17.2 Å². The van der Waals surface area contributed by atoms with E-state index in [9.17, 15) is 4.79 Å². The van der Waals surface area contributed by atoms with Gasteiger partial charge in [0.1, 0.15) is 18.0 Å². The van der Waals surface area contributed by atoms with Crippen molar-refractivity contribution in [2.45, 2.75) is 12.8 Å². The maximum atomic E-state index is 10.6. The summed E-state index contributed by atoms with van der Waals surface area (Å²) in [7, 11) is 0. The van der Waals surface area contributed by atoms with Crippen LogP contribution < -0.4 is 0 Å². The summed E-state index contributed by atoms with van der Waals surface area (Å²) in [4.78, 5) is 14.5. The zero-order chi connectivity index (χ0) is 9.26. The van der Waals surface area contributed by atoms with Crippen LogP contribution >= 0.6 is 0 Å². The predicted octanol–water partition coefficient (Wildman–Crippen LogP) is 0.867. The minimum absolute atomic E-state index is 0.0475. The lowest BCUT2D eigenvalue weighted by Gasteiger charge is -1.97. The Hall–Kier alpha value is -1.69. The molecule has 1 aliphatic carbocycles. The Morgan fingerprint density at radius 2 is 2.46 bits per heavy atom. The van der Waals surface area contributed by atoms with Gasteiger partial charge in [-0.25, -0.2) is 4.98 Å². The molecular formula is C10H8N2O. The quantitative estimate of drug-likeness (QED) is 0.590. The largest absolute Gasteiger partial charge is 0.303 e. The zero-order valence-corrected chi connectivity index (χ0v) is 7.03. The second-order valence-electron chi connectivity index (χ2n) is 3.21. The minimum atomic E-state index is 0.0475. The highest BCUT2D eigenvalue weighted by atomic mass is 16.1. The Morgan fingerprint density at radius 3 is 3.15 bits per heavy atom. The SMILES string of the molecule is N#Cc1nccc2c1CC(C=O)C2. The van der Waals surface area contributed by atoms with Gasteiger partial charge in [-0.3, -0.25) is 0 Å². The molecule has 0 amide bonds. The first-order chi connectivity index (χ1) is 6.35. The summed E-state index contributed by atoms with van der Waals surface area (Å²) < 4.78 is 0. The van der Waals surface area contributed by atoms with E-state index >= 15 is 0 Å². The Balaban J connectivity index is 2.46. The molecule has 0 spiro atoms. The molecule has 0 saturated heterocycles. The summed E-state index contributed by atoms with van der Waals surface area (Å²) in [6.07, 6.45) is 4.03. The van der Waals surface area contributed by atoms with Crippen LogP contribution in [0.15, 0.2) is 12.3 Å². The van der Waals surface area contributed by atoms with Crippen molar-refractivity contribution in [1.29, 1.82) is 5.26 Å². The molecule has 0 fully saturated rings. The Morgan fingerprint density at radius 1 is 1.62 bits per heavy atom. The number of hydrogen-bond donors (Lipinski definition) is 0. The van der Waals surface area contributed by atoms with E-state index in [2.05, 4.69) is 4.98 Å². The van der Waals surface area contributed by atoms with E-state index in [-0.39, 0.29) is 5.92 Å². The number of nitriles is 1. The summed E-state index contributed by atoms with van der Waals surface area (Å²) in [5, 5.41) is 8.76. The summed E-state index contributed by atoms with van der Waals surface area (Å²) in [5.74, 6) is 0.0475. The first-order valence-electron chi connectivity index (χ1n) is 4.17. The lowest BCUT2D eigenvalue weighted by atomic mass is 10.1. The smallest absolute Gasteiger partial charge is 0.143 e. The fraction of sp³-hybridized carbons (Fsp3) is 0.300. The van der Waals surface area contributed by atoms with Gasteiger partial charge in [-0.1, -0.05) is 0 Å². The zero-order valence-electron chi connectivity index (χ0n) is 7.03. The molecule has 0 saturated carbocycles. The van der Waals surface area contributed by atoms with Crippen molar-refractivity contribution >= 4 is 6.29 Å². The second kappa shape index (κ2) is 2.98. The van der Waals surface area contributed by atoms with Crippen molar-refractivity contribution in [3.8, 4) is 6.07 Å². The van der Waals surface area contributed by atoms with Gasteiger partial charge in [0.15, 0.2) is 0 Å². The maximum Gasteiger partial charge on any atom is 0.143 e. The van der Waals surface area contributed by atoms with Gasteiger partial charge in [0, 0.05) is 12.1 Å². The van der Waals surface area contributed by atoms with Gasteiger partial charge >= 0.3 is 0 Å². The summed E-state index contributed by atoms with van der Waals surface area (Å²) >= 11 is 0. The van der Waals surface area contributed by atoms with Crippen molar-refractivity contribution < 1.29 is 4.79 Å². The molecular weight excluding hydrogens is 164 g/mol. The molecule has 3 heteroatoms. The van der Waals surface area contributed by atoms with E-state index in [0.717, 1.165) is 23.8 Å². The van der Waals surface area contributed by atoms with E-state index in [1.165, 1.54) is 0 Å². The highest BCUT2D eigenvalue weighted by Gasteiger charge is 2.23. The number of nitrogens with zero attached hydrogens (tertiary/aromatic N) is 2. The number of fused-ring (bicyclic) bond motifs is 1. The van der Waals surface area contributed by atoms with Gasteiger partial charge in [0.25, 0.3) is 0 Å². The van der Waals surface area contributed by atoms with Gasteiger partial charge in [-0.2, -0.15) is 5.26 Å². The third-order valence-corrected chi connectivity index (χ3v) is 2.40. The van der Waals surface area contributed by atoms with Crippen LogP contribution in [-0.4, -0.2) is 11.3 Å². The number of carbonyl (C=O) groups excluding carboxylic acids is 1. The number of hydrogen-bond acceptors (Lipinski definition) is 3. The first kappa shape index (κ1) is 7.93. The van der Waals surface area contributed by atoms with Crippen LogP contribution in [0.4, 0.5) is 0 Å². The standard InChI is InChI=1S/C10H8N2O/c11-5-10-9-4-7(6-13)3-8(9)1-2-12-10/h1-2,6-7H,3-4H2. The predicted molar refractivity (Wildman–Crippen MR) is 45.9 cm³/mol. The molecule has 0 radical (unpaired) electrons. The number of rotatable bonds is 1. The number of pyridine rings is 1. The van der Waals surface area contributed by atoms with Crippen LogP contribution in [0.1, 0.15) is 16.8 Å². The molecule has 3 nitrogen and oxygen atoms in total. The molecule has 1 aliphatic rings. The molecule has 1 atom stereocenters. The molecule has 0 N–H and O–H groups in total. The van der Waals surface area contributed by atoms with Crippen LogP contribution in [0.5, 0.6) is 0 Å². The summed E-state index contributed by atoms with van der Waals surface area (Å²) in [5.41, 5.74) is 2.53. The van der Waals surface area contributed by atoms with E-state index in [1.807, 2.05) is 12.1 Å². The average molecular weight is 172 g/mol. The fourth-order valence-corrected chi connectivity index (χ4v) is 1.76. The fourth-order valence-electron chi connectivity index (χ4n) is 1.76. The van der Waals surface area contributed by atoms with E-state index < -0.39 is 0 Å². The van der Waals surface area contributed by atoms with E-state index in [4.69, 9.17) is 5.26 Å². The molecule has 2 rings (SSSR count). The number of carbonyl (C=O) groups is 1. The van der Waals surface area contributed by atoms with Crippen LogP contribution in [-0.2, 0) is 17.6 Å². The van der Waals surface area contributed by atoms with Gasteiger partial charge in [-0.05, 0) is 30.0 Å². The number of aromatic nitrogens is 1. The van der Waals surface area contributed by atoms with Crippen LogP contribution in [0.25, 0.3) is 0 Å². The molecule has 0 aliphatic heterocycles.